The lowest BCUT2D eigenvalue weighted by molar-refractivity contribution is -0.136. The van der Waals surface area contributed by atoms with Gasteiger partial charge in [-0.05, 0) is 20.3 Å². The molecule has 0 aromatic rings. The Morgan fingerprint density at radius 3 is 2.64 bits per heavy atom. The van der Waals surface area contributed by atoms with Crippen LogP contribution in [0.3, 0.4) is 0 Å². The summed E-state index contributed by atoms with van der Waals surface area (Å²) < 4.78 is 22.9. The molecule has 0 aliphatic carbocycles. The molecule has 14 heavy (non-hydrogen) atoms. The zero-order valence-corrected chi connectivity index (χ0v) is 9.10. The van der Waals surface area contributed by atoms with Crippen molar-refractivity contribution in [3.05, 3.63) is 11.1 Å². The van der Waals surface area contributed by atoms with Crippen LogP contribution in [0.25, 0.3) is 0 Å². The third kappa shape index (κ3) is 2.35. The smallest absolute Gasteiger partial charge is 0.307 e. The lowest BCUT2D eigenvalue weighted by Gasteiger charge is -2.22. The molecule has 0 aromatic carbocycles. The van der Waals surface area contributed by atoms with E-state index in [2.05, 4.69) is 0 Å². The fourth-order valence-electron chi connectivity index (χ4n) is 1.60. The first-order chi connectivity index (χ1) is 6.33. The standard InChI is InChI=1S/C9H14O4S/c1-6-5-14(12,13)7(2)3-8(6)4-9(10)11/h7H,3-5H2,1-2H3,(H,10,11). The molecular formula is C9H14O4S. The van der Waals surface area contributed by atoms with E-state index in [0.717, 1.165) is 5.57 Å². The average molecular weight is 218 g/mol. The first-order valence-electron chi connectivity index (χ1n) is 4.44. The van der Waals surface area contributed by atoms with Gasteiger partial charge in [-0.3, -0.25) is 4.79 Å². The first-order valence-corrected chi connectivity index (χ1v) is 6.15. The average Bonchev–Trinajstić information content (AvgIpc) is 1.98. The Kier molecular flexibility index (Phi) is 2.99. The molecule has 1 aliphatic heterocycles. The number of hydrogen-bond acceptors (Lipinski definition) is 3. The van der Waals surface area contributed by atoms with Gasteiger partial charge in [0.1, 0.15) is 0 Å². The molecule has 1 aliphatic rings. The molecule has 0 bridgehead atoms. The largest absolute Gasteiger partial charge is 0.481 e. The highest BCUT2D eigenvalue weighted by Gasteiger charge is 2.29. The van der Waals surface area contributed by atoms with Gasteiger partial charge in [0.05, 0.1) is 17.4 Å². The zero-order chi connectivity index (χ0) is 10.9. The maximum Gasteiger partial charge on any atom is 0.307 e. The Bertz CT molecular complexity index is 378. The molecule has 1 N–H and O–H groups in total. The summed E-state index contributed by atoms with van der Waals surface area (Å²) >= 11 is 0. The van der Waals surface area contributed by atoms with Crippen molar-refractivity contribution in [2.24, 2.45) is 0 Å². The van der Waals surface area contributed by atoms with Crippen molar-refractivity contribution < 1.29 is 18.3 Å². The summed E-state index contributed by atoms with van der Waals surface area (Å²) in [6, 6.07) is 0. The lowest BCUT2D eigenvalue weighted by Crippen LogP contribution is -2.28. The first kappa shape index (κ1) is 11.2. The molecule has 1 atom stereocenters. The SMILES string of the molecule is CC1=C(CC(=O)O)CC(C)S(=O)(=O)C1. The van der Waals surface area contributed by atoms with Crippen LogP contribution in [0.4, 0.5) is 0 Å². The Morgan fingerprint density at radius 2 is 2.14 bits per heavy atom. The van der Waals surface area contributed by atoms with Crippen molar-refractivity contribution in [2.75, 3.05) is 5.75 Å². The van der Waals surface area contributed by atoms with Crippen LogP contribution in [-0.2, 0) is 14.6 Å². The summed E-state index contributed by atoms with van der Waals surface area (Å²) in [6.45, 7) is 3.32. The minimum absolute atomic E-state index is 0.0107. The second-order valence-corrected chi connectivity index (χ2v) is 6.20. The molecule has 0 amide bonds. The molecule has 0 saturated carbocycles. The van der Waals surface area contributed by atoms with E-state index in [-0.39, 0.29) is 12.2 Å². The molecule has 80 valence electrons. The van der Waals surface area contributed by atoms with E-state index in [1.54, 1.807) is 13.8 Å². The molecule has 0 fully saturated rings. The molecule has 4 nitrogen and oxygen atoms in total. The van der Waals surface area contributed by atoms with Gasteiger partial charge in [-0.15, -0.1) is 0 Å². The molecule has 1 unspecified atom stereocenters. The lowest BCUT2D eigenvalue weighted by atomic mass is 10.0. The number of hydrogen-bond donors (Lipinski definition) is 1. The molecule has 1 heterocycles. The number of sulfone groups is 1. The quantitative estimate of drug-likeness (QED) is 0.701. The molecule has 0 aromatic heterocycles. The normalized spacial score (nSPS) is 26.3. The molecular weight excluding hydrogens is 204 g/mol. The highest BCUT2D eigenvalue weighted by molar-refractivity contribution is 7.92. The fraction of sp³-hybridized carbons (Fsp3) is 0.667. The van der Waals surface area contributed by atoms with Crippen LogP contribution in [0.2, 0.25) is 0 Å². The van der Waals surface area contributed by atoms with Gasteiger partial charge < -0.3 is 5.11 Å². The van der Waals surface area contributed by atoms with E-state index in [0.29, 0.717) is 12.0 Å². The zero-order valence-electron chi connectivity index (χ0n) is 8.28. The van der Waals surface area contributed by atoms with Crippen LogP contribution in [0.1, 0.15) is 26.7 Å². The predicted octanol–water partition coefficient (Wildman–Crippen LogP) is 0.985. The highest BCUT2D eigenvalue weighted by atomic mass is 32.2. The highest BCUT2D eigenvalue weighted by Crippen LogP contribution is 2.26. The van der Waals surface area contributed by atoms with Crippen LogP contribution < -0.4 is 0 Å². The predicted molar refractivity (Wildman–Crippen MR) is 52.8 cm³/mol. The van der Waals surface area contributed by atoms with Gasteiger partial charge >= 0.3 is 5.97 Å². The van der Waals surface area contributed by atoms with Crippen molar-refractivity contribution in [3.63, 3.8) is 0 Å². The monoisotopic (exact) mass is 218 g/mol. The second-order valence-electron chi connectivity index (χ2n) is 3.78. The van der Waals surface area contributed by atoms with Gasteiger partial charge in [-0.2, -0.15) is 0 Å². The number of carbonyl (C=O) groups is 1. The van der Waals surface area contributed by atoms with E-state index < -0.39 is 21.1 Å². The maximum absolute atomic E-state index is 11.4. The van der Waals surface area contributed by atoms with Gasteiger partial charge in [0.15, 0.2) is 9.84 Å². The van der Waals surface area contributed by atoms with E-state index >= 15 is 0 Å². The van der Waals surface area contributed by atoms with Crippen LogP contribution in [0.5, 0.6) is 0 Å². The molecule has 5 heteroatoms. The van der Waals surface area contributed by atoms with Crippen LogP contribution in [0, 0.1) is 0 Å². The number of rotatable bonds is 2. The number of aliphatic carboxylic acids is 1. The van der Waals surface area contributed by atoms with Gasteiger partial charge in [0.2, 0.25) is 0 Å². The minimum atomic E-state index is -3.03. The van der Waals surface area contributed by atoms with E-state index in [1.165, 1.54) is 0 Å². The van der Waals surface area contributed by atoms with Crippen molar-refractivity contribution in [2.45, 2.75) is 31.9 Å². The molecule has 0 radical (unpaired) electrons. The van der Waals surface area contributed by atoms with E-state index in [1.807, 2.05) is 0 Å². The third-order valence-electron chi connectivity index (χ3n) is 2.53. The van der Waals surface area contributed by atoms with Crippen molar-refractivity contribution in [1.82, 2.24) is 0 Å². The summed E-state index contributed by atoms with van der Waals surface area (Å²) in [5, 5.41) is 8.17. The van der Waals surface area contributed by atoms with Crippen molar-refractivity contribution in [3.8, 4) is 0 Å². The number of carboxylic acid groups (broad SMARTS) is 1. The summed E-state index contributed by atoms with van der Waals surface area (Å²) in [5.41, 5.74) is 1.46. The van der Waals surface area contributed by atoms with Crippen LogP contribution >= 0.6 is 0 Å². The summed E-state index contributed by atoms with van der Waals surface area (Å²) in [6.07, 6.45) is 0.326. The molecule has 0 saturated heterocycles. The second kappa shape index (κ2) is 3.73. The Morgan fingerprint density at radius 1 is 1.57 bits per heavy atom. The van der Waals surface area contributed by atoms with Crippen LogP contribution in [-0.4, -0.2) is 30.5 Å². The maximum atomic E-state index is 11.4. The Hall–Kier alpha value is -0.840. The third-order valence-corrected chi connectivity index (χ3v) is 4.76. The molecule has 1 rings (SSSR count). The summed E-state index contributed by atoms with van der Waals surface area (Å²) in [5.74, 6) is -0.887. The fourth-order valence-corrected chi connectivity index (χ4v) is 3.15. The Balaban J connectivity index is 2.94. The van der Waals surface area contributed by atoms with Crippen molar-refractivity contribution in [1.29, 1.82) is 0 Å². The van der Waals surface area contributed by atoms with Gasteiger partial charge in [0, 0.05) is 0 Å². The minimum Gasteiger partial charge on any atom is -0.481 e. The summed E-state index contributed by atoms with van der Waals surface area (Å²) in [7, 11) is -3.03. The van der Waals surface area contributed by atoms with E-state index in [9.17, 15) is 13.2 Å². The van der Waals surface area contributed by atoms with Gasteiger partial charge in [-0.25, -0.2) is 8.42 Å². The topological polar surface area (TPSA) is 71.4 Å². The van der Waals surface area contributed by atoms with Gasteiger partial charge in [-0.1, -0.05) is 11.1 Å². The van der Waals surface area contributed by atoms with E-state index in [4.69, 9.17) is 5.11 Å². The number of carboxylic acids is 1. The van der Waals surface area contributed by atoms with Crippen LogP contribution in [0.15, 0.2) is 11.1 Å². The van der Waals surface area contributed by atoms with Gasteiger partial charge in [0.25, 0.3) is 0 Å². The van der Waals surface area contributed by atoms with Crippen molar-refractivity contribution >= 4 is 15.8 Å². The summed E-state index contributed by atoms with van der Waals surface area (Å²) in [4.78, 5) is 10.5. The molecule has 0 spiro atoms. The Labute approximate surface area is 83.5 Å².